The van der Waals surface area contributed by atoms with Crippen LogP contribution >= 0.6 is 0 Å². The van der Waals surface area contributed by atoms with Gasteiger partial charge in [0.25, 0.3) is 5.91 Å². The van der Waals surface area contributed by atoms with Crippen LogP contribution in [-0.4, -0.2) is 58.3 Å². The fourth-order valence-electron chi connectivity index (χ4n) is 2.93. The molecule has 0 bridgehead atoms. The summed E-state index contributed by atoms with van der Waals surface area (Å²) in [6.07, 6.45) is 1.55. The number of aliphatic hydroxyl groups excluding tert-OH is 1. The summed E-state index contributed by atoms with van der Waals surface area (Å²) in [6, 6.07) is 0. The highest BCUT2D eigenvalue weighted by atomic mass is 19.1. The van der Waals surface area contributed by atoms with Crippen LogP contribution in [0, 0.1) is 5.92 Å². The zero-order valence-electron chi connectivity index (χ0n) is 15.9. The van der Waals surface area contributed by atoms with E-state index in [2.05, 4.69) is 5.32 Å². The number of halogens is 1. The van der Waals surface area contributed by atoms with Gasteiger partial charge in [-0.05, 0) is 25.7 Å². The van der Waals surface area contributed by atoms with Gasteiger partial charge in [0.2, 0.25) is 11.8 Å². The third-order valence-electron chi connectivity index (χ3n) is 4.61. The van der Waals surface area contributed by atoms with E-state index >= 15 is 0 Å². The van der Waals surface area contributed by atoms with Gasteiger partial charge in [0, 0.05) is 24.9 Å². The Bertz CT molecular complexity index is 555. The molecule has 27 heavy (non-hydrogen) atoms. The normalized spacial score (nSPS) is 18.9. The van der Waals surface area contributed by atoms with E-state index in [0.29, 0.717) is 37.9 Å². The number of nitrogens with zero attached hydrogens (tertiary/aromatic N) is 1. The summed E-state index contributed by atoms with van der Waals surface area (Å²) in [7, 11) is 0. The van der Waals surface area contributed by atoms with E-state index in [4.69, 9.17) is 5.21 Å². The number of hydrogen-bond acceptors (Lipinski definition) is 5. The number of hydrogen-bond donors (Lipinski definition) is 4. The summed E-state index contributed by atoms with van der Waals surface area (Å²) in [5.41, 5.74) is 1.72. The SMILES string of the molecule is CCCC[C@@H](C(=O)N1CCCC1=CC(=O)NCC(O)CC)[C@H](F)C(=O)NO. The summed E-state index contributed by atoms with van der Waals surface area (Å²) in [5.74, 6) is -3.47. The molecule has 1 fully saturated rings. The number of allylic oxidation sites excluding steroid dienone is 1. The maximum Gasteiger partial charge on any atom is 0.278 e. The van der Waals surface area contributed by atoms with Crippen molar-refractivity contribution in [1.82, 2.24) is 15.7 Å². The van der Waals surface area contributed by atoms with E-state index in [9.17, 15) is 23.9 Å². The molecule has 4 N–H and O–H groups in total. The van der Waals surface area contributed by atoms with Crippen LogP contribution in [0.1, 0.15) is 52.4 Å². The standard InChI is InChI=1S/C18H30FN3O5/c1-3-5-8-14(16(19)17(25)21-27)18(26)22-9-6-7-12(22)10-15(24)20-11-13(23)4-2/h10,13-14,16,23,27H,3-9,11H2,1-2H3,(H,20,24)(H,21,25)/t13?,14-,16+/m1/s1. The van der Waals surface area contributed by atoms with Crippen LogP contribution in [-0.2, 0) is 14.4 Å². The number of alkyl halides is 1. The Balaban J connectivity index is 2.88. The highest BCUT2D eigenvalue weighted by Crippen LogP contribution is 2.27. The highest BCUT2D eigenvalue weighted by Gasteiger charge is 2.38. The van der Waals surface area contributed by atoms with E-state index < -0.39 is 35.9 Å². The van der Waals surface area contributed by atoms with E-state index in [0.717, 1.165) is 6.42 Å². The lowest BCUT2D eigenvalue weighted by Crippen LogP contribution is -2.43. The molecular formula is C18H30FN3O5. The van der Waals surface area contributed by atoms with E-state index in [1.165, 1.54) is 16.5 Å². The maximum absolute atomic E-state index is 14.4. The summed E-state index contributed by atoms with van der Waals surface area (Å²) in [4.78, 5) is 37.6. The average Bonchev–Trinajstić information content (AvgIpc) is 3.13. The fourth-order valence-corrected chi connectivity index (χ4v) is 2.93. The first kappa shape index (κ1) is 23.0. The molecule has 1 heterocycles. The first-order valence-corrected chi connectivity index (χ1v) is 9.41. The van der Waals surface area contributed by atoms with Crippen molar-refractivity contribution < 1.29 is 29.1 Å². The Morgan fingerprint density at radius 3 is 2.63 bits per heavy atom. The first-order chi connectivity index (χ1) is 12.8. The summed E-state index contributed by atoms with van der Waals surface area (Å²) < 4.78 is 14.4. The molecule has 8 nitrogen and oxygen atoms in total. The van der Waals surface area contributed by atoms with Gasteiger partial charge in [0.05, 0.1) is 12.0 Å². The van der Waals surface area contributed by atoms with Crippen LogP contribution in [0.25, 0.3) is 0 Å². The molecule has 1 aliphatic rings. The quantitative estimate of drug-likeness (QED) is 0.254. The van der Waals surface area contributed by atoms with Gasteiger partial charge < -0.3 is 15.3 Å². The molecule has 3 amide bonds. The van der Waals surface area contributed by atoms with E-state index in [1.807, 2.05) is 6.92 Å². The molecular weight excluding hydrogens is 357 g/mol. The van der Waals surface area contributed by atoms with Crippen LogP contribution < -0.4 is 10.8 Å². The third kappa shape index (κ3) is 6.91. The number of carbonyl (C=O) groups is 3. The van der Waals surface area contributed by atoms with Crippen LogP contribution in [0.4, 0.5) is 4.39 Å². The molecule has 0 aliphatic carbocycles. The van der Waals surface area contributed by atoms with Gasteiger partial charge >= 0.3 is 0 Å². The molecule has 0 aromatic rings. The second-order valence-electron chi connectivity index (χ2n) is 6.66. The fraction of sp³-hybridized carbons (Fsp3) is 0.722. The lowest BCUT2D eigenvalue weighted by atomic mass is 9.94. The molecule has 1 unspecified atom stereocenters. The molecule has 3 atom stereocenters. The molecule has 154 valence electrons. The summed E-state index contributed by atoms with van der Waals surface area (Å²) >= 11 is 0. The Hall–Kier alpha value is -2.00. The van der Waals surface area contributed by atoms with Crippen LogP contribution in [0.2, 0.25) is 0 Å². The van der Waals surface area contributed by atoms with Crippen LogP contribution in [0.15, 0.2) is 11.8 Å². The highest BCUT2D eigenvalue weighted by molar-refractivity contribution is 5.92. The minimum atomic E-state index is -2.16. The zero-order valence-corrected chi connectivity index (χ0v) is 15.9. The minimum absolute atomic E-state index is 0.107. The lowest BCUT2D eigenvalue weighted by molar-refractivity contribution is -0.145. The summed E-state index contributed by atoms with van der Waals surface area (Å²) in [6.45, 7) is 4.12. The van der Waals surface area contributed by atoms with Crippen LogP contribution in [0.3, 0.4) is 0 Å². The first-order valence-electron chi connectivity index (χ1n) is 9.41. The van der Waals surface area contributed by atoms with E-state index in [1.54, 1.807) is 6.92 Å². The van der Waals surface area contributed by atoms with Crippen molar-refractivity contribution in [3.05, 3.63) is 11.8 Å². The minimum Gasteiger partial charge on any atom is -0.391 e. The predicted molar refractivity (Wildman–Crippen MR) is 96.2 cm³/mol. The van der Waals surface area contributed by atoms with Gasteiger partial charge in [-0.3, -0.25) is 19.6 Å². The molecule has 9 heteroatoms. The molecule has 1 saturated heterocycles. The second kappa shape index (κ2) is 11.7. The average molecular weight is 387 g/mol. The van der Waals surface area contributed by atoms with Gasteiger partial charge in [0.15, 0.2) is 6.17 Å². The number of rotatable bonds is 10. The second-order valence-corrected chi connectivity index (χ2v) is 6.66. The molecule has 0 radical (unpaired) electrons. The van der Waals surface area contributed by atoms with Gasteiger partial charge in [-0.1, -0.05) is 26.7 Å². The number of amides is 3. The van der Waals surface area contributed by atoms with Crippen molar-refractivity contribution in [3.63, 3.8) is 0 Å². The van der Waals surface area contributed by atoms with Gasteiger partial charge in [-0.15, -0.1) is 0 Å². The van der Waals surface area contributed by atoms with Crippen molar-refractivity contribution >= 4 is 17.7 Å². The van der Waals surface area contributed by atoms with Gasteiger partial charge in [0.1, 0.15) is 0 Å². The Labute approximate surface area is 158 Å². The number of likely N-dealkylation sites (tertiary alicyclic amines) is 1. The summed E-state index contributed by atoms with van der Waals surface area (Å²) in [5, 5.41) is 20.7. The van der Waals surface area contributed by atoms with Crippen molar-refractivity contribution in [3.8, 4) is 0 Å². The van der Waals surface area contributed by atoms with Crippen LogP contribution in [0.5, 0.6) is 0 Å². The Morgan fingerprint density at radius 1 is 1.33 bits per heavy atom. The molecule has 1 rings (SSSR count). The lowest BCUT2D eigenvalue weighted by Gasteiger charge is -2.26. The maximum atomic E-state index is 14.4. The molecule has 0 saturated carbocycles. The van der Waals surface area contributed by atoms with Crippen molar-refractivity contribution in [1.29, 1.82) is 0 Å². The number of unbranched alkanes of at least 4 members (excludes halogenated alkanes) is 1. The van der Waals surface area contributed by atoms with Crippen molar-refractivity contribution in [2.24, 2.45) is 5.92 Å². The van der Waals surface area contributed by atoms with Crippen molar-refractivity contribution in [2.75, 3.05) is 13.1 Å². The number of hydroxylamine groups is 1. The molecule has 0 aromatic carbocycles. The Morgan fingerprint density at radius 2 is 2.04 bits per heavy atom. The largest absolute Gasteiger partial charge is 0.391 e. The predicted octanol–water partition coefficient (Wildman–Crippen LogP) is 1.03. The topological polar surface area (TPSA) is 119 Å². The monoisotopic (exact) mass is 387 g/mol. The molecule has 0 aromatic heterocycles. The number of carbonyl (C=O) groups excluding carboxylic acids is 3. The number of nitrogens with one attached hydrogen (secondary N) is 2. The van der Waals surface area contributed by atoms with Gasteiger partial charge in [-0.25, -0.2) is 9.87 Å². The molecule has 1 aliphatic heterocycles. The number of aliphatic hydroxyl groups is 1. The third-order valence-corrected chi connectivity index (χ3v) is 4.61. The Kier molecular flexibility index (Phi) is 9.95. The smallest absolute Gasteiger partial charge is 0.278 e. The van der Waals surface area contributed by atoms with Gasteiger partial charge in [-0.2, -0.15) is 0 Å². The molecule has 0 spiro atoms. The van der Waals surface area contributed by atoms with Crippen molar-refractivity contribution in [2.45, 2.75) is 64.6 Å². The van der Waals surface area contributed by atoms with E-state index in [-0.39, 0.29) is 13.0 Å². The zero-order chi connectivity index (χ0) is 20.4.